The molecule has 1 heteroatoms. The Hall–Kier alpha value is -1.76. The van der Waals surface area contributed by atoms with Crippen molar-refractivity contribution in [2.24, 2.45) is 0 Å². The van der Waals surface area contributed by atoms with Gasteiger partial charge in [0.15, 0.2) is 0 Å². The molecule has 2 rings (SSSR count). The fraction of sp³-hybridized carbons (Fsp3) is 0.400. The van der Waals surface area contributed by atoms with Gasteiger partial charge in [0.25, 0.3) is 0 Å². The molecule has 0 saturated heterocycles. The second-order valence-corrected chi connectivity index (χ2v) is 5.93. The van der Waals surface area contributed by atoms with Gasteiger partial charge in [-0.2, -0.15) is 0 Å². The van der Waals surface area contributed by atoms with Gasteiger partial charge in [-0.05, 0) is 50.8 Å². The summed E-state index contributed by atoms with van der Waals surface area (Å²) in [5.74, 6) is 1.00. The molecule has 112 valence electrons. The minimum atomic E-state index is 0.145. The van der Waals surface area contributed by atoms with Crippen LogP contribution in [0.2, 0.25) is 0 Å². The molecule has 21 heavy (non-hydrogen) atoms. The third-order valence-electron chi connectivity index (χ3n) is 3.87. The van der Waals surface area contributed by atoms with Gasteiger partial charge in [0.2, 0.25) is 0 Å². The first kappa shape index (κ1) is 15.6. The van der Waals surface area contributed by atoms with E-state index in [1.165, 1.54) is 35.1 Å². The molecule has 0 amide bonds. The number of rotatable bonds is 6. The topological polar surface area (TPSA) is 9.23 Å². The van der Waals surface area contributed by atoms with E-state index in [-0.39, 0.29) is 6.10 Å². The number of ether oxygens (including phenoxy) is 1. The lowest BCUT2D eigenvalue weighted by molar-refractivity contribution is 0.190. The molecular formula is C20H26O. The van der Waals surface area contributed by atoms with Gasteiger partial charge in [0, 0.05) is 0 Å². The maximum absolute atomic E-state index is 6.33. The molecule has 0 heterocycles. The molecule has 0 spiro atoms. The van der Waals surface area contributed by atoms with E-state index in [0.717, 1.165) is 12.2 Å². The quantitative estimate of drug-likeness (QED) is 0.638. The fourth-order valence-electron chi connectivity index (χ4n) is 2.55. The Balaban J connectivity index is 2.21. The zero-order valence-electron chi connectivity index (χ0n) is 13.6. The Labute approximate surface area is 129 Å². The SMILES string of the molecule is CCCCC(Oc1ccc(C)cc1C)c1ccc(C)cc1. The highest BCUT2D eigenvalue weighted by Gasteiger charge is 2.14. The molecule has 0 saturated carbocycles. The maximum atomic E-state index is 6.33. The van der Waals surface area contributed by atoms with Crippen molar-refractivity contribution < 1.29 is 4.74 Å². The number of aryl methyl sites for hydroxylation is 3. The van der Waals surface area contributed by atoms with Gasteiger partial charge in [-0.25, -0.2) is 0 Å². The van der Waals surface area contributed by atoms with Crippen LogP contribution in [0.5, 0.6) is 5.75 Å². The molecule has 0 aliphatic rings. The van der Waals surface area contributed by atoms with E-state index < -0.39 is 0 Å². The van der Waals surface area contributed by atoms with Gasteiger partial charge >= 0.3 is 0 Å². The highest BCUT2D eigenvalue weighted by atomic mass is 16.5. The number of benzene rings is 2. The van der Waals surface area contributed by atoms with Crippen molar-refractivity contribution in [3.8, 4) is 5.75 Å². The molecule has 0 fully saturated rings. The van der Waals surface area contributed by atoms with E-state index in [4.69, 9.17) is 4.74 Å². The van der Waals surface area contributed by atoms with Crippen LogP contribution in [0.15, 0.2) is 42.5 Å². The molecule has 0 aliphatic heterocycles. The van der Waals surface area contributed by atoms with Gasteiger partial charge in [-0.1, -0.05) is 60.9 Å². The summed E-state index contributed by atoms with van der Waals surface area (Å²) in [4.78, 5) is 0. The van der Waals surface area contributed by atoms with Gasteiger partial charge < -0.3 is 4.74 Å². The summed E-state index contributed by atoms with van der Waals surface area (Å²) in [7, 11) is 0. The monoisotopic (exact) mass is 282 g/mol. The van der Waals surface area contributed by atoms with Crippen molar-refractivity contribution in [2.45, 2.75) is 53.1 Å². The Morgan fingerprint density at radius 1 is 0.905 bits per heavy atom. The van der Waals surface area contributed by atoms with Gasteiger partial charge in [0.1, 0.15) is 11.9 Å². The molecule has 1 unspecified atom stereocenters. The molecule has 0 bridgehead atoms. The van der Waals surface area contributed by atoms with Crippen LogP contribution in [0.1, 0.15) is 54.5 Å². The smallest absolute Gasteiger partial charge is 0.124 e. The van der Waals surface area contributed by atoms with Gasteiger partial charge in [-0.3, -0.25) is 0 Å². The van der Waals surface area contributed by atoms with Crippen LogP contribution in [0.3, 0.4) is 0 Å². The van der Waals surface area contributed by atoms with Gasteiger partial charge in [-0.15, -0.1) is 0 Å². The van der Waals surface area contributed by atoms with Crippen LogP contribution in [0, 0.1) is 20.8 Å². The number of hydrogen-bond acceptors (Lipinski definition) is 1. The van der Waals surface area contributed by atoms with E-state index in [1.54, 1.807) is 0 Å². The fourth-order valence-corrected chi connectivity index (χ4v) is 2.55. The van der Waals surface area contributed by atoms with E-state index in [1.807, 2.05) is 0 Å². The predicted molar refractivity (Wildman–Crippen MR) is 90.0 cm³/mol. The third kappa shape index (κ3) is 4.35. The van der Waals surface area contributed by atoms with Crippen molar-refractivity contribution in [2.75, 3.05) is 0 Å². The van der Waals surface area contributed by atoms with E-state index >= 15 is 0 Å². The van der Waals surface area contributed by atoms with Crippen LogP contribution in [0.25, 0.3) is 0 Å². The minimum absolute atomic E-state index is 0.145. The molecule has 0 aromatic heterocycles. The molecule has 0 N–H and O–H groups in total. The zero-order chi connectivity index (χ0) is 15.2. The summed E-state index contributed by atoms with van der Waals surface area (Å²) in [6.45, 7) is 8.58. The molecule has 0 aliphatic carbocycles. The first-order valence-corrected chi connectivity index (χ1v) is 7.90. The molecule has 0 radical (unpaired) electrons. The highest BCUT2D eigenvalue weighted by Crippen LogP contribution is 2.29. The van der Waals surface area contributed by atoms with Crippen LogP contribution in [0.4, 0.5) is 0 Å². The highest BCUT2D eigenvalue weighted by molar-refractivity contribution is 5.36. The van der Waals surface area contributed by atoms with Crippen molar-refractivity contribution >= 4 is 0 Å². The van der Waals surface area contributed by atoms with Crippen molar-refractivity contribution in [1.29, 1.82) is 0 Å². The molecule has 1 nitrogen and oxygen atoms in total. The molecule has 1 atom stereocenters. The van der Waals surface area contributed by atoms with Crippen LogP contribution in [-0.2, 0) is 0 Å². The van der Waals surface area contributed by atoms with E-state index in [0.29, 0.717) is 0 Å². The molecule has 2 aromatic carbocycles. The lowest BCUT2D eigenvalue weighted by Crippen LogP contribution is -2.08. The maximum Gasteiger partial charge on any atom is 0.124 e. The number of hydrogen-bond donors (Lipinski definition) is 0. The summed E-state index contributed by atoms with van der Waals surface area (Å²) in [6.07, 6.45) is 3.58. The largest absolute Gasteiger partial charge is 0.485 e. The summed E-state index contributed by atoms with van der Waals surface area (Å²) >= 11 is 0. The summed E-state index contributed by atoms with van der Waals surface area (Å²) in [5, 5.41) is 0. The third-order valence-corrected chi connectivity index (χ3v) is 3.87. The first-order valence-electron chi connectivity index (χ1n) is 7.90. The zero-order valence-corrected chi connectivity index (χ0v) is 13.6. The first-order chi connectivity index (χ1) is 10.1. The second-order valence-electron chi connectivity index (χ2n) is 5.93. The van der Waals surface area contributed by atoms with E-state index in [9.17, 15) is 0 Å². The molecule has 2 aromatic rings. The van der Waals surface area contributed by atoms with Crippen molar-refractivity contribution in [3.05, 3.63) is 64.7 Å². The lowest BCUT2D eigenvalue weighted by atomic mass is 10.0. The summed E-state index contributed by atoms with van der Waals surface area (Å²) in [5.41, 5.74) is 5.05. The van der Waals surface area contributed by atoms with Crippen LogP contribution in [-0.4, -0.2) is 0 Å². The normalized spacial score (nSPS) is 12.2. The Bertz CT molecular complexity index is 569. The van der Waals surface area contributed by atoms with Crippen LogP contribution < -0.4 is 4.74 Å². The van der Waals surface area contributed by atoms with Crippen molar-refractivity contribution in [1.82, 2.24) is 0 Å². The van der Waals surface area contributed by atoms with E-state index in [2.05, 4.69) is 70.2 Å². The Morgan fingerprint density at radius 2 is 1.57 bits per heavy atom. The predicted octanol–water partition coefficient (Wildman–Crippen LogP) is 5.92. The standard InChI is InChI=1S/C20H26O/c1-5-6-7-20(18-11-8-15(2)9-12-18)21-19-13-10-16(3)14-17(19)4/h8-14,20H,5-7H2,1-4H3. The molecular weight excluding hydrogens is 256 g/mol. The summed E-state index contributed by atoms with van der Waals surface area (Å²) < 4.78 is 6.33. The Morgan fingerprint density at radius 3 is 2.19 bits per heavy atom. The number of unbranched alkanes of at least 4 members (excludes halogenated alkanes) is 1. The lowest BCUT2D eigenvalue weighted by Gasteiger charge is -2.21. The minimum Gasteiger partial charge on any atom is -0.485 e. The average molecular weight is 282 g/mol. The van der Waals surface area contributed by atoms with Gasteiger partial charge in [0.05, 0.1) is 0 Å². The van der Waals surface area contributed by atoms with Crippen LogP contribution >= 0.6 is 0 Å². The second kappa shape index (κ2) is 7.31. The van der Waals surface area contributed by atoms with Crippen molar-refractivity contribution in [3.63, 3.8) is 0 Å². The Kier molecular flexibility index (Phi) is 5.44. The summed E-state index contributed by atoms with van der Waals surface area (Å²) in [6, 6.07) is 15.1. The average Bonchev–Trinajstić information content (AvgIpc) is 2.46.